The summed E-state index contributed by atoms with van der Waals surface area (Å²) in [6.07, 6.45) is 4.01. The number of hydrogen-bond acceptors (Lipinski definition) is 8. The number of benzene rings is 1. The van der Waals surface area contributed by atoms with Crippen LogP contribution in [0.25, 0.3) is 27.8 Å². The molecule has 0 aliphatic heterocycles. The van der Waals surface area contributed by atoms with Gasteiger partial charge in [-0.15, -0.1) is 0 Å². The van der Waals surface area contributed by atoms with E-state index in [1.807, 2.05) is 46.1 Å². The zero-order chi connectivity index (χ0) is 23.8. The molecule has 4 rings (SSSR count). The molecular formula is C21H26ClN7O3S. The Kier molecular flexibility index (Phi) is 6.66. The molecule has 3 heterocycles. The zero-order valence-corrected chi connectivity index (χ0v) is 20.4. The van der Waals surface area contributed by atoms with Crippen molar-refractivity contribution in [1.82, 2.24) is 29.5 Å². The van der Waals surface area contributed by atoms with Crippen LogP contribution >= 0.6 is 11.6 Å². The van der Waals surface area contributed by atoms with E-state index in [0.29, 0.717) is 46.4 Å². The van der Waals surface area contributed by atoms with Crippen LogP contribution in [-0.2, 0) is 28.9 Å². The van der Waals surface area contributed by atoms with E-state index in [1.54, 1.807) is 15.6 Å². The zero-order valence-electron chi connectivity index (χ0n) is 18.9. The molecule has 33 heavy (non-hydrogen) atoms. The highest BCUT2D eigenvalue weighted by molar-refractivity contribution is 7.81. The van der Waals surface area contributed by atoms with Crippen molar-refractivity contribution in [2.24, 2.45) is 7.05 Å². The van der Waals surface area contributed by atoms with Gasteiger partial charge < -0.3 is 10.4 Å². The summed E-state index contributed by atoms with van der Waals surface area (Å²) in [4.78, 5) is 9.40. The molecular weight excluding hydrogens is 466 g/mol. The van der Waals surface area contributed by atoms with Gasteiger partial charge in [0.25, 0.3) is 0 Å². The highest BCUT2D eigenvalue weighted by Crippen LogP contribution is 2.31. The Morgan fingerprint density at radius 1 is 1.24 bits per heavy atom. The van der Waals surface area contributed by atoms with Crippen LogP contribution in [0.4, 0.5) is 5.82 Å². The van der Waals surface area contributed by atoms with Gasteiger partial charge in [0.2, 0.25) is 0 Å². The first-order chi connectivity index (χ1) is 15.7. The van der Waals surface area contributed by atoms with E-state index in [9.17, 15) is 4.21 Å². The molecule has 0 aliphatic carbocycles. The molecule has 3 aromatic heterocycles. The number of aryl methyl sites for hydroxylation is 1. The van der Waals surface area contributed by atoms with Gasteiger partial charge in [-0.3, -0.25) is 8.86 Å². The molecule has 0 radical (unpaired) electrons. The Hall–Kier alpha value is -2.60. The molecule has 176 valence electrons. The van der Waals surface area contributed by atoms with E-state index in [4.69, 9.17) is 25.9 Å². The van der Waals surface area contributed by atoms with Crippen LogP contribution in [0.2, 0.25) is 5.02 Å². The standard InChI is InChI=1S/C21H26ClN7O3S/c1-21(2,3)33(31)32-12-16-19(23-8-5-9-30)25-15-10-24-29(20(15)26-16)17-7-6-14-13(18(17)22)11-28(4)27-14/h6-7,10-11,30H,5,8-9,12H2,1-4H3,(H,23,25). The van der Waals surface area contributed by atoms with E-state index in [2.05, 4.69) is 20.5 Å². The minimum absolute atomic E-state index is 0.00513. The number of nitrogens with zero attached hydrogens (tertiary/aromatic N) is 6. The summed E-state index contributed by atoms with van der Waals surface area (Å²) in [7, 11) is 1.84. The first-order valence-corrected chi connectivity index (χ1v) is 11.9. The fourth-order valence-corrected chi connectivity index (χ4v) is 4.06. The second-order valence-corrected chi connectivity index (χ2v) is 10.8. The minimum atomic E-state index is -1.52. The second-order valence-electron chi connectivity index (χ2n) is 8.53. The predicted molar refractivity (Wildman–Crippen MR) is 129 cm³/mol. The Morgan fingerprint density at radius 2 is 2.03 bits per heavy atom. The molecule has 10 nitrogen and oxygen atoms in total. The monoisotopic (exact) mass is 491 g/mol. The van der Waals surface area contributed by atoms with Crippen LogP contribution in [0.3, 0.4) is 0 Å². The minimum Gasteiger partial charge on any atom is -0.396 e. The van der Waals surface area contributed by atoms with Crippen LogP contribution in [-0.4, -0.2) is 56.7 Å². The maximum atomic E-state index is 12.4. The molecule has 0 saturated carbocycles. The smallest absolute Gasteiger partial charge is 0.182 e. The third-order valence-electron chi connectivity index (χ3n) is 4.85. The highest BCUT2D eigenvalue weighted by Gasteiger charge is 2.23. The van der Waals surface area contributed by atoms with Crippen molar-refractivity contribution in [2.45, 2.75) is 38.5 Å². The lowest BCUT2D eigenvalue weighted by atomic mass is 10.2. The fourth-order valence-electron chi connectivity index (χ4n) is 3.20. The third-order valence-corrected chi connectivity index (χ3v) is 6.58. The van der Waals surface area contributed by atoms with Crippen molar-refractivity contribution in [3.05, 3.63) is 35.2 Å². The molecule has 4 aromatic rings. The van der Waals surface area contributed by atoms with Crippen molar-refractivity contribution < 1.29 is 13.5 Å². The molecule has 0 spiro atoms. The van der Waals surface area contributed by atoms with E-state index >= 15 is 0 Å². The lowest BCUT2D eigenvalue weighted by molar-refractivity contribution is 0.292. The van der Waals surface area contributed by atoms with Gasteiger partial charge in [-0.05, 0) is 39.3 Å². The molecule has 1 atom stereocenters. The Labute approximate surface area is 198 Å². The normalized spacial score (nSPS) is 13.2. The van der Waals surface area contributed by atoms with Gasteiger partial charge in [-0.1, -0.05) is 11.6 Å². The molecule has 1 unspecified atom stereocenters. The second kappa shape index (κ2) is 9.34. The number of aromatic nitrogens is 6. The lowest BCUT2D eigenvalue weighted by Gasteiger charge is -2.17. The van der Waals surface area contributed by atoms with E-state index in [-0.39, 0.29) is 13.2 Å². The molecule has 0 bridgehead atoms. The summed E-state index contributed by atoms with van der Waals surface area (Å²) >= 11 is 5.17. The van der Waals surface area contributed by atoms with Gasteiger partial charge in [0.05, 0.1) is 27.2 Å². The van der Waals surface area contributed by atoms with Crippen LogP contribution in [0.1, 0.15) is 32.9 Å². The summed E-state index contributed by atoms with van der Waals surface area (Å²) in [6, 6.07) is 3.71. The maximum absolute atomic E-state index is 12.4. The SMILES string of the molecule is Cn1cc2c(Cl)c(-n3ncc4nc(NCCCO)c(COS(=O)C(C)(C)C)nc43)ccc2n1. The van der Waals surface area contributed by atoms with Crippen molar-refractivity contribution in [1.29, 1.82) is 0 Å². The summed E-state index contributed by atoms with van der Waals surface area (Å²) in [6.45, 7) is 6.06. The number of fused-ring (bicyclic) bond motifs is 2. The number of aliphatic hydroxyl groups excluding tert-OH is 1. The molecule has 0 saturated heterocycles. The first kappa shape index (κ1) is 23.6. The van der Waals surface area contributed by atoms with Gasteiger partial charge in [0, 0.05) is 31.8 Å². The first-order valence-electron chi connectivity index (χ1n) is 10.5. The number of anilines is 1. The molecule has 0 amide bonds. The number of hydrogen-bond donors (Lipinski definition) is 2. The van der Waals surface area contributed by atoms with E-state index < -0.39 is 15.8 Å². The quantitative estimate of drug-likeness (QED) is 0.361. The molecule has 12 heteroatoms. The van der Waals surface area contributed by atoms with Crippen molar-refractivity contribution >= 4 is 50.6 Å². The fraction of sp³-hybridized carbons (Fsp3) is 0.429. The predicted octanol–water partition coefficient (Wildman–Crippen LogP) is 3.13. The summed E-state index contributed by atoms with van der Waals surface area (Å²) in [5.74, 6) is 0.496. The third kappa shape index (κ3) is 4.86. The summed E-state index contributed by atoms with van der Waals surface area (Å²) in [5.41, 5.74) is 2.96. The Balaban J connectivity index is 1.77. The molecule has 1 aromatic carbocycles. The topological polar surface area (TPSA) is 120 Å². The van der Waals surface area contributed by atoms with Crippen molar-refractivity contribution in [3.8, 4) is 5.69 Å². The molecule has 0 fully saturated rings. The largest absolute Gasteiger partial charge is 0.396 e. The van der Waals surface area contributed by atoms with Crippen LogP contribution < -0.4 is 5.32 Å². The summed E-state index contributed by atoms with van der Waals surface area (Å²) in [5, 5.41) is 22.4. The van der Waals surface area contributed by atoms with Crippen molar-refractivity contribution in [3.63, 3.8) is 0 Å². The van der Waals surface area contributed by atoms with E-state index in [0.717, 1.165) is 10.9 Å². The van der Waals surface area contributed by atoms with Gasteiger partial charge in [0.15, 0.2) is 22.5 Å². The van der Waals surface area contributed by atoms with Gasteiger partial charge >= 0.3 is 0 Å². The summed E-state index contributed by atoms with van der Waals surface area (Å²) < 4.78 is 20.8. The van der Waals surface area contributed by atoms with Gasteiger partial charge in [0.1, 0.15) is 17.8 Å². The van der Waals surface area contributed by atoms with Crippen LogP contribution in [0, 0.1) is 0 Å². The van der Waals surface area contributed by atoms with Gasteiger partial charge in [-0.25, -0.2) is 18.9 Å². The number of nitrogens with one attached hydrogen (secondary N) is 1. The molecule has 0 aliphatic rings. The van der Waals surface area contributed by atoms with E-state index in [1.165, 1.54) is 0 Å². The van der Waals surface area contributed by atoms with Crippen LogP contribution in [0.15, 0.2) is 24.5 Å². The maximum Gasteiger partial charge on any atom is 0.182 e. The van der Waals surface area contributed by atoms with Crippen molar-refractivity contribution in [2.75, 3.05) is 18.5 Å². The lowest BCUT2D eigenvalue weighted by Crippen LogP contribution is -2.24. The highest BCUT2D eigenvalue weighted by atomic mass is 35.5. The number of halogens is 1. The Morgan fingerprint density at radius 3 is 2.76 bits per heavy atom. The van der Waals surface area contributed by atoms with Crippen LogP contribution in [0.5, 0.6) is 0 Å². The average Bonchev–Trinajstić information content (AvgIpc) is 3.34. The average molecular weight is 492 g/mol. The molecule has 2 N–H and O–H groups in total. The Bertz CT molecular complexity index is 1330. The number of rotatable bonds is 8. The number of aliphatic hydroxyl groups is 1. The van der Waals surface area contributed by atoms with Gasteiger partial charge in [-0.2, -0.15) is 10.2 Å².